The minimum atomic E-state index is -0.114. The molecule has 0 spiro atoms. The molecule has 0 unspecified atom stereocenters. The van der Waals surface area contributed by atoms with Crippen LogP contribution in [0.15, 0.2) is 0 Å². The number of fused-ring (bicyclic) bond motifs is 1. The molecular weight excluding hydrogens is 170 g/mol. The van der Waals surface area contributed by atoms with Gasteiger partial charge < -0.3 is 9.47 Å². The van der Waals surface area contributed by atoms with Gasteiger partial charge in [-0.05, 0) is 13.3 Å². The first-order valence-corrected chi connectivity index (χ1v) is 4.81. The van der Waals surface area contributed by atoms with Crippen molar-refractivity contribution in [3.8, 4) is 0 Å². The van der Waals surface area contributed by atoms with Crippen molar-refractivity contribution in [2.75, 3.05) is 19.8 Å². The number of carbonyl (C=O) groups excluding carboxylic acids is 1. The quantitative estimate of drug-likeness (QED) is 0.612. The van der Waals surface area contributed by atoms with Crippen LogP contribution in [0.25, 0.3) is 0 Å². The van der Waals surface area contributed by atoms with Gasteiger partial charge in [0.05, 0.1) is 19.8 Å². The third-order valence-corrected chi connectivity index (χ3v) is 2.72. The van der Waals surface area contributed by atoms with E-state index in [1.165, 1.54) is 0 Å². The molecule has 2 heterocycles. The summed E-state index contributed by atoms with van der Waals surface area (Å²) in [5, 5.41) is 3.24. The van der Waals surface area contributed by atoms with E-state index < -0.39 is 0 Å². The molecule has 2 saturated heterocycles. The maximum Gasteiger partial charge on any atom is 0.323 e. The zero-order valence-electron chi connectivity index (χ0n) is 7.79. The molecule has 0 aromatic heterocycles. The molecule has 2 rings (SSSR count). The molecule has 4 heteroatoms. The maximum atomic E-state index is 11.4. The van der Waals surface area contributed by atoms with E-state index in [1.54, 1.807) is 0 Å². The van der Waals surface area contributed by atoms with Crippen LogP contribution < -0.4 is 5.32 Å². The average molecular weight is 185 g/mol. The second kappa shape index (κ2) is 3.64. The first-order chi connectivity index (χ1) is 6.31. The van der Waals surface area contributed by atoms with E-state index in [0.717, 1.165) is 19.6 Å². The Morgan fingerprint density at radius 1 is 1.62 bits per heavy atom. The molecule has 4 nitrogen and oxygen atoms in total. The standard InChI is InChI=1S/C9H15NO3/c1-2-13-9(11)7-3-6-4-12-5-8(6)10-7/h6-8,10H,2-5H2,1H3/t6-,7+,8+/m1/s1. The zero-order chi connectivity index (χ0) is 9.26. The highest BCUT2D eigenvalue weighted by molar-refractivity contribution is 5.76. The molecule has 0 aromatic rings. The molecule has 3 atom stereocenters. The summed E-state index contributed by atoms with van der Waals surface area (Å²) >= 11 is 0. The zero-order valence-corrected chi connectivity index (χ0v) is 7.79. The van der Waals surface area contributed by atoms with Crippen LogP contribution in [-0.4, -0.2) is 37.9 Å². The van der Waals surface area contributed by atoms with Crippen molar-refractivity contribution in [1.29, 1.82) is 0 Å². The maximum absolute atomic E-state index is 11.4. The van der Waals surface area contributed by atoms with Gasteiger partial charge in [-0.3, -0.25) is 10.1 Å². The highest BCUT2D eigenvalue weighted by atomic mass is 16.5. The largest absolute Gasteiger partial charge is 0.465 e. The predicted molar refractivity (Wildman–Crippen MR) is 46.3 cm³/mol. The van der Waals surface area contributed by atoms with E-state index in [1.807, 2.05) is 6.92 Å². The Balaban J connectivity index is 1.87. The Morgan fingerprint density at radius 3 is 3.15 bits per heavy atom. The number of ether oxygens (including phenoxy) is 2. The van der Waals surface area contributed by atoms with Gasteiger partial charge in [0.2, 0.25) is 0 Å². The van der Waals surface area contributed by atoms with Crippen LogP contribution in [0.2, 0.25) is 0 Å². The van der Waals surface area contributed by atoms with Crippen molar-refractivity contribution in [3.05, 3.63) is 0 Å². The van der Waals surface area contributed by atoms with Gasteiger partial charge in [0.25, 0.3) is 0 Å². The molecule has 0 aromatic carbocycles. The van der Waals surface area contributed by atoms with Gasteiger partial charge in [0.15, 0.2) is 0 Å². The number of carbonyl (C=O) groups is 1. The highest BCUT2D eigenvalue weighted by Crippen LogP contribution is 2.26. The van der Waals surface area contributed by atoms with E-state index in [9.17, 15) is 4.79 Å². The molecule has 2 fully saturated rings. The van der Waals surface area contributed by atoms with Crippen LogP contribution in [0.3, 0.4) is 0 Å². The first kappa shape index (κ1) is 8.97. The molecule has 2 aliphatic rings. The van der Waals surface area contributed by atoms with Crippen LogP contribution in [0.1, 0.15) is 13.3 Å². The van der Waals surface area contributed by atoms with E-state index >= 15 is 0 Å². The smallest absolute Gasteiger partial charge is 0.323 e. The average Bonchev–Trinajstić information content (AvgIpc) is 2.61. The minimum absolute atomic E-state index is 0.0983. The van der Waals surface area contributed by atoms with Gasteiger partial charge in [0.1, 0.15) is 6.04 Å². The summed E-state index contributed by atoms with van der Waals surface area (Å²) in [6.07, 6.45) is 0.865. The molecule has 0 bridgehead atoms. The number of esters is 1. The Labute approximate surface area is 77.6 Å². The summed E-state index contributed by atoms with van der Waals surface area (Å²) in [5.74, 6) is 0.395. The third-order valence-electron chi connectivity index (χ3n) is 2.72. The van der Waals surface area contributed by atoms with Crippen LogP contribution in [0.5, 0.6) is 0 Å². The summed E-state index contributed by atoms with van der Waals surface area (Å²) in [6, 6.07) is 0.272. The molecule has 13 heavy (non-hydrogen) atoms. The molecule has 0 amide bonds. The fourth-order valence-electron chi connectivity index (χ4n) is 2.05. The Hall–Kier alpha value is -0.610. The second-order valence-corrected chi connectivity index (χ2v) is 3.61. The fraction of sp³-hybridized carbons (Fsp3) is 0.889. The van der Waals surface area contributed by atoms with Crippen LogP contribution in [0.4, 0.5) is 0 Å². The third kappa shape index (κ3) is 1.69. The number of hydrogen-bond acceptors (Lipinski definition) is 4. The predicted octanol–water partition coefficient (Wildman–Crippen LogP) is -0.0736. The second-order valence-electron chi connectivity index (χ2n) is 3.61. The van der Waals surface area contributed by atoms with Crippen LogP contribution in [-0.2, 0) is 14.3 Å². The lowest BCUT2D eigenvalue weighted by Crippen LogP contribution is -2.38. The van der Waals surface area contributed by atoms with E-state index in [0.29, 0.717) is 18.6 Å². The van der Waals surface area contributed by atoms with Gasteiger partial charge in [0, 0.05) is 12.0 Å². The molecule has 0 saturated carbocycles. The summed E-state index contributed by atoms with van der Waals surface area (Å²) in [4.78, 5) is 11.4. The topological polar surface area (TPSA) is 47.6 Å². The molecule has 2 aliphatic heterocycles. The van der Waals surface area contributed by atoms with Crippen molar-refractivity contribution < 1.29 is 14.3 Å². The Bertz CT molecular complexity index is 195. The molecule has 1 N–H and O–H groups in total. The van der Waals surface area contributed by atoms with Gasteiger partial charge in [-0.15, -0.1) is 0 Å². The van der Waals surface area contributed by atoms with Crippen molar-refractivity contribution in [1.82, 2.24) is 5.32 Å². The van der Waals surface area contributed by atoms with Gasteiger partial charge in [-0.1, -0.05) is 0 Å². The Kier molecular flexibility index (Phi) is 2.51. The number of rotatable bonds is 2. The summed E-state index contributed by atoms with van der Waals surface area (Å²) < 4.78 is 10.2. The van der Waals surface area contributed by atoms with Gasteiger partial charge >= 0.3 is 5.97 Å². The van der Waals surface area contributed by atoms with Crippen LogP contribution in [0, 0.1) is 5.92 Å². The number of nitrogens with one attached hydrogen (secondary N) is 1. The molecule has 0 aliphatic carbocycles. The normalized spacial score (nSPS) is 37.5. The van der Waals surface area contributed by atoms with E-state index in [-0.39, 0.29) is 12.0 Å². The summed E-state index contributed by atoms with van der Waals surface area (Å²) in [6.45, 7) is 3.81. The molecular formula is C9H15NO3. The lowest BCUT2D eigenvalue weighted by molar-refractivity contribution is -0.145. The number of hydrogen-bond donors (Lipinski definition) is 1. The van der Waals surface area contributed by atoms with Crippen molar-refractivity contribution in [3.63, 3.8) is 0 Å². The van der Waals surface area contributed by atoms with Crippen LogP contribution >= 0.6 is 0 Å². The first-order valence-electron chi connectivity index (χ1n) is 4.81. The summed E-state index contributed by atoms with van der Waals surface area (Å²) in [5.41, 5.74) is 0. The van der Waals surface area contributed by atoms with Gasteiger partial charge in [-0.2, -0.15) is 0 Å². The fourth-order valence-corrected chi connectivity index (χ4v) is 2.05. The minimum Gasteiger partial charge on any atom is -0.465 e. The Morgan fingerprint density at radius 2 is 2.46 bits per heavy atom. The SMILES string of the molecule is CCOC(=O)[C@@H]1C[C@@H]2COC[C@@H]2N1. The summed E-state index contributed by atoms with van der Waals surface area (Å²) in [7, 11) is 0. The van der Waals surface area contributed by atoms with Crippen molar-refractivity contribution in [2.24, 2.45) is 5.92 Å². The van der Waals surface area contributed by atoms with Crippen molar-refractivity contribution in [2.45, 2.75) is 25.4 Å². The monoisotopic (exact) mass is 185 g/mol. The molecule has 0 radical (unpaired) electrons. The van der Waals surface area contributed by atoms with E-state index in [4.69, 9.17) is 9.47 Å². The highest BCUT2D eigenvalue weighted by Gasteiger charge is 2.41. The van der Waals surface area contributed by atoms with Gasteiger partial charge in [-0.25, -0.2) is 0 Å². The van der Waals surface area contributed by atoms with Crippen molar-refractivity contribution >= 4 is 5.97 Å². The molecule has 74 valence electrons. The lowest BCUT2D eigenvalue weighted by Gasteiger charge is -2.10. The lowest BCUT2D eigenvalue weighted by atomic mass is 10.0. The van der Waals surface area contributed by atoms with E-state index in [2.05, 4.69) is 5.32 Å².